The molecule has 1 aliphatic heterocycles. The summed E-state index contributed by atoms with van der Waals surface area (Å²) in [5, 5.41) is 7.31. The van der Waals surface area contributed by atoms with Crippen LogP contribution in [0.25, 0.3) is 54.3 Å². The highest BCUT2D eigenvalue weighted by Gasteiger charge is 2.28. The molecule has 208 valence electrons. The minimum Gasteiger partial charge on any atom is -0.456 e. The zero-order valence-electron chi connectivity index (χ0n) is 23.7. The van der Waals surface area contributed by atoms with Crippen molar-refractivity contribution in [2.45, 2.75) is 6.17 Å². The standard InChI is InChI=1S/C40H26N2OS/c1-3-11-25(12-4-1)26-19-21-28(22-20-26)37-39-38(31-16-8-10-18-35(31)44-39)42-40(41-37)29-23-32(27-13-5-2-6-14-27)36-30-15-7-9-17-33(30)43-34(36)24-29/h1-24,40,42H. The zero-order valence-corrected chi connectivity index (χ0v) is 24.5. The topological polar surface area (TPSA) is 37.5 Å². The predicted octanol–water partition coefficient (Wildman–Crippen LogP) is 11.1. The van der Waals surface area contributed by atoms with Gasteiger partial charge in [-0.2, -0.15) is 0 Å². The molecule has 1 atom stereocenters. The number of anilines is 1. The Morgan fingerprint density at radius 2 is 1.20 bits per heavy atom. The molecule has 1 aliphatic rings. The van der Waals surface area contributed by atoms with Crippen LogP contribution in [0, 0.1) is 0 Å². The first-order valence-electron chi connectivity index (χ1n) is 14.8. The van der Waals surface area contributed by atoms with Crippen LogP contribution in [0.3, 0.4) is 0 Å². The molecule has 0 bridgehead atoms. The number of nitrogens with zero attached hydrogens (tertiary/aromatic N) is 1. The summed E-state index contributed by atoms with van der Waals surface area (Å²) >= 11 is 1.79. The zero-order chi connectivity index (χ0) is 29.0. The smallest absolute Gasteiger partial charge is 0.145 e. The molecule has 1 unspecified atom stereocenters. The number of hydrogen-bond donors (Lipinski definition) is 1. The highest BCUT2D eigenvalue weighted by molar-refractivity contribution is 7.22. The van der Waals surface area contributed by atoms with Crippen molar-refractivity contribution in [3.05, 3.63) is 162 Å². The van der Waals surface area contributed by atoms with Crippen LogP contribution in [0.4, 0.5) is 5.69 Å². The van der Waals surface area contributed by atoms with Gasteiger partial charge < -0.3 is 9.73 Å². The summed E-state index contributed by atoms with van der Waals surface area (Å²) in [7, 11) is 0. The molecule has 3 heterocycles. The number of benzene rings is 6. The molecule has 9 rings (SSSR count). The first-order valence-corrected chi connectivity index (χ1v) is 15.6. The van der Waals surface area contributed by atoms with Crippen LogP contribution >= 0.6 is 11.3 Å². The molecule has 0 saturated heterocycles. The van der Waals surface area contributed by atoms with Gasteiger partial charge in [-0.15, -0.1) is 11.3 Å². The quantitative estimate of drug-likeness (QED) is 0.224. The Hall–Kier alpha value is -5.45. The highest BCUT2D eigenvalue weighted by Crippen LogP contribution is 2.45. The molecule has 0 saturated carbocycles. The van der Waals surface area contributed by atoms with Gasteiger partial charge in [-0.3, -0.25) is 4.99 Å². The van der Waals surface area contributed by atoms with Crippen LogP contribution in [-0.2, 0) is 0 Å². The predicted molar refractivity (Wildman–Crippen MR) is 185 cm³/mol. The van der Waals surface area contributed by atoms with Crippen molar-refractivity contribution in [1.29, 1.82) is 0 Å². The van der Waals surface area contributed by atoms with E-state index in [-0.39, 0.29) is 6.17 Å². The van der Waals surface area contributed by atoms with Crippen LogP contribution in [0.2, 0.25) is 0 Å². The highest BCUT2D eigenvalue weighted by atomic mass is 32.1. The van der Waals surface area contributed by atoms with Crippen molar-refractivity contribution in [1.82, 2.24) is 0 Å². The van der Waals surface area contributed by atoms with Gasteiger partial charge >= 0.3 is 0 Å². The van der Waals surface area contributed by atoms with Gasteiger partial charge in [0.05, 0.1) is 16.3 Å². The number of furan rings is 1. The maximum atomic E-state index is 6.46. The molecule has 3 nitrogen and oxygen atoms in total. The summed E-state index contributed by atoms with van der Waals surface area (Å²) < 4.78 is 7.71. The molecule has 1 N–H and O–H groups in total. The van der Waals surface area contributed by atoms with E-state index in [4.69, 9.17) is 9.41 Å². The second kappa shape index (κ2) is 10.1. The molecule has 44 heavy (non-hydrogen) atoms. The average Bonchev–Trinajstić information content (AvgIpc) is 3.67. The van der Waals surface area contributed by atoms with E-state index in [0.717, 1.165) is 55.6 Å². The third kappa shape index (κ3) is 4.07. The van der Waals surface area contributed by atoms with Crippen LogP contribution < -0.4 is 5.32 Å². The molecule has 0 amide bonds. The number of fused-ring (bicyclic) bond motifs is 6. The maximum Gasteiger partial charge on any atom is 0.145 e. The minimum atomic E-state index is -0.288. The minimum absolute atomic E-state index is 0.288. The van der Waals surface area contributed by atoms with Gasteiger partial charge in [-0.25, -0.2) is 0 Å². The average molecular weight is 583 g/mol. The maximum absolute atomic E-state index is 6.46. The first-order chi connectivity index (χ1) is 21.8. The van der Waals surface area contributed by atoms with E-state index in [2.05, 4.69) is 139 Å². The Morgan fingerprint density at radius 1 is 0.568 bits per heavy atom. The van der Waals surface area contributed by atoms with Crippen LogP contribution in [0.5, 0.6) is 0 Å². The normalized spacial score (nSPS) is 14.5. The van der Waals surface area contributed by atoms with Crippen LogP contribution in [0.1, 0.15) is 22.2 Å². The van der Waals surface area contributed by atoms with Crippen LogP contribution in [0.15, 0.2) is 155 Å². The van der Waals surface area contributed by atoms with Gasteiger partial charge in [-0.1, -0.05) is 121 Å². The molecule has 6 aromatic carbocycles. The Balaban J connectivity index is 1.24. The third-order valence-electron chi connectivity index (χ3n) is 8.52. The number of nitrogens with one attached hydrogen (secondary N) is 1. The number of para-hydroxylation sites is 1. The van der Waals surface area contributed by atoms with Gasteiger partial charge in [0.25, 0.3) is 0 Å². The van der Waals surface area contributed by atoms with Gasteiger partial charge in [0.1, 0.15) is 17.3 Å². The lowest BCUT2D eigenvalue weighted by atomic mass is 9.95. The lowest BCUT2D eigenvalue weighted by Gasteiger charge is -2.25. The lowest BCUT2D eigenvalue weighted by Crippen LogP contribution is -2.19. The second-order valence-electron chi connectivity index (χ2n) is 11.2. The number of hydrogen-bond acceptors (Lipinski definition) is 4. The van der Waals surface area contributed by atoms with E-state index in [1.807, 2.05) is 12.1 Å². The van der Waals surface area contributed by atoms with Gasteiger partial charge in [0, 0.05) is 32.0 Å². The largest absolute Gasteiger partial charge is 0.456 e. The van der Waals surface area contributed by atoms with Gasteiger partial charge in [-0.05, 0) is 46.5 Å². The summed E-state index contributed by atoms with van der Waals surface area (Å²) in [6.07, 6.45) is -0.288. The Kier molecular flexibility index (Phi) is 5.75. The van der Waals surface area contributed by atoms with Crippen molar-refractivity contribution < 1.29 is 4.42 Å². The van der Waals surface area contributed by atoms with E-state index in [0.29, 0.717) is 0 Å². The number of rotatable bonds is 4. The Labute approximate surface area is 258 Å². The SMILES string of the molecule is c1ccc(-c2ccc(C3=NC(c4cc(-c5ccccc5)c5c(c4)oc4ccccc45)Nc4c3sc3ccccc43)cc2)cc1. The molecule has 4 heteroatoms. The summed E-state index contributed by atoms with van der Waals surface area (Å²) in [4.78, 5) is 6.60. The van der Waals surface area contributed by atoms with E-state index >= 15 is 0 Å². The summed E-state index contributed by atoms with van der Waals surface area (Å²) in [5.41, 5.74) is 10.8. The van der Waals surface area contributed by atoms with Gasteiger partial charge in [0.2, 0.25) is 0 Å². The van der Waals surface area contributed by atoms with E-state index in [1.165, 1.54) is 26.1 Å². The molecule has 0 spiro atoms. The Bertz CT molecular complexity index is 2350. The number of aliphatic imine (C=N–C) groups is 1. The van der Waals surface area contributed by atoms with E-state index in [1.54, 1.807) is 11.3 Å². The summed E-state index contributed by atoms with van der Waals surface area (Å²) in [6, 6.07) is 51.3. The van der Waals surface area contributed by atoms with Crippen LogP contribution in [-0.4, -0.2) is 5.71 Å². The summed E-state index contributed by atoms with van der Waals surface area (Å²) in [6.45, 7) is 0. The molecule has 2 aromatic heterocycles. The molecule has 0 fully saturated rings. The molecule has 8 aromatic rings. The fourth-order valence-electron chi connectivity index (χ4n) is 6.41. The molecular weight excluding hydrogens is 557 g/mol. The van der Waals surface area contributed by atoms with Crippen molar-refractivity contribution in [3.63, 3.8) is 0 Å². The first kappa shape index (κ1) is 25.1. The summed E-state index contributed by atoms with van der Waals surface area (Å²) in [5.74, 6) is 0. The molecule has 0 radical (unpaired) electrons. The molecular formula is C40H26N2OS. The number of thiophene rings is 1. The van der Waals surface area contributed by atoms with Gasteiger partial charge in [0.15, 0.2) is 0 Å². The molecule has 0 aliphatic carbocycles. The van der Waals surface area contributed by atoms with E-state index < -0.39 is 0 Å². The fourth-order valence-corrected chi connectivity index (χ4v) is 7.59. The monoisotopic (exact) mass is 582 g/mol. The van der Waals surface area contributed by atoms with E-state index in [9.17, 15) is 0 Å². The van der Waals surface area contributed by atoms with Crippen molar-refractivity contribution in [2.75, 3.05) is 5.32 Å². The second-order valence-corrected chi connectivity index (χ2v) is 12.2. The van der Waals surface area contributed by atoms with Crippen molar-refractivity contribution in [2.24, 2.45) is 4.99 Å². The van der Waals surface area contributed by atoms with Crippen molar-refractivity contribution >= 4 is 54.8 Å². The fraction of sp³-hybridized carbons (Fsp3) is 0.0250. The Morgan fingerprint density at radius 3 is 2.00 bits per heavy atom. The van der Waals surface area contributed by atoms with Crippen molar-refractivity contribution in [3.8, 4) is 22.3 Å². The third-order valence-corrected chi connectivity index (χ3v) is 9.69. The lowest BCUT2D eigenvalue weighted by molar-refractivity contribution is 0.667.